The van der Waals surface area contributed by atoms with Crippen LogP contribution in [0.2, 0.25) is 10.0 Å². The van der Waals surface area contributed by atoms with Crippen LogP contribution in [0.25, 0.3) is 39.0 Å². The molecule has 10 nitrogen and oxygen atoms in total. The van der Waals surface area contributed by atoms with Crippen LogP contribution < -0.4 is 31.6 Å². The summed E-state index contributed by atoms with van der Waals surface area (Å²) in [6.07, 6.45) is 4.52. The highest BCUT2D eigenvalue weighted by molar-refractivity contribution is 6.39. The molecule has 262 valence electrons. The molecule has 7 rings (SSSR count). The van der Waals surface area contributed by atoms with E-state index >= 15 is 0 Å². The molecule has 4 N–H and O–H groups in total. The van der Waals surface area contributed by atoms with Gasteiger partial charge in [0.1, 0.15) is 0 Å². The summed E-state index contributed by atoms with van der Waals surface area (Å²) in [5, 5.41) is 13.6. The Hall–Kier alpha value is -4.74. The van der Waals surface area contributed by atoms with Crippen molar-refractivity contribution in [2.75, 3.05) is 20.2 Å². The van der Waals surface area contributed by atoms with Gasteiger partial charge in [-0.05, 0) is 42.7 Å². The molecule has 0 bridgehead atoms. The van der Waals surface area contributed by atoms with Crippen molar-refractivity contribution < 1.29 is 14.3 Å². The molecule has 2 aliphatic rings. The number of nitrogens with zero attached hydrogens (tertiary/aromatic N) is 2. The van der Waals surface area contributed by atoms with E-state index < -0.39 is 0 Å². The number of pyridine rings is 3. The standard InChI is InChI=1S/C39H38Cl2N6O4/c1-51-38-24(19-42-21-26-10-14-34(48)44-26)9-13-33(46-38)32-7-3-6-31(37(32)41)30-5-2-4-29(36(30)40)23-16-17-47-28(18-23)12-8-25(39(47)50)20-43-22-27-11-15-35(49)45-27/h2-9,12-13,16-18,26-27,42-43H,10-11,14-15,19-22H2,1H3,(H,44,48)(H,45,49)/t26-,27+/m0/s1. The van der Waals surface area contributed by atoms with Gasteiger partial charge in [0.15, 0.2) is 0 Å². The maximum absolute atomic E-state index is 13.3. The van der Waals surface area contributed by atoms with Crippen LogP contribution in [-0.2, 0) is 22.7 Å². The average Bonchev–Trinajstić information content (AvgIpc) is 3.76. The van der Waals surface area contributed by atoms with E-state index in [-0.39, 0.29) is 29.5 Å². The Balaban J connectivity index is 1.10. The Morgan fingerprint density at radius 1 is 0.765 bits per heavy atom. The molecule has 0 unspecified atom stereocenters. The van der Waals surface area contributed by atoms with Crippen molar-refractivity contribution in [2.24, 2.45) is 0 Å². The van der Waals surface area contributed by atoms with Gasteiger partial charge in [0.2, 0.25) is 17.7 Å². The normalized spacial score (nSPS) is 17.2. The fourth-order valence-electron chi connectivity index (χ4n) is 6.80. The van der Waals surface area contributed by atoms with Gasteiger partial charge in [0, 0.05) is 96.2 Å². The summed E-state index contributed by atoms with van der Waals surface area (Å²) < 4.78 is 7.28. The van der Waals surface area contributed by atoms with E-state index in [0.29, 0.717) is 66.2 Å². The molecule has 2 atom stereocenters. The number of rotatable bonds is 12. The second-order valence-electron chi connectivity index (χ2n) is 12.9. The average molecular weight is 726 g/mol. The molecule has 0 aliphatic carbocycles. The molecule has 0 saturated carbocycles. The smallest absolute Gasteiger partial charge is 0.259 e. The van der Waals surface area contributed by atoms with Crippen molar-refractivity contribution in [3.63, 3.8) is 0 Å². The number of carbonyl (C=O) groups excluding carboxylic acids is 2. The number of benzene rings is 2. The molecule has 2 amide bonds. The van der Waals surface area contributed by atoms with Gasteiger partial charge in [-0.3, -0.25) is 18.8 Å². The lowest BCUT2D eigenvalue weighted by molar-refractivity contribution is -0.120. The lowest BCUT2D eigenvalue weighted by atomic mass is 9.97. The van der Waals surface area contributed by atoms with Crippen LogP contribution in [0.3, 0.4) is 0 Å². The van der Waals surface area contributed by atoms with E-state index in [9.17, 15) is 14.4 Å². The topological polar surface area (TPSA) is 126 Å². The molecular weight excluding hydrogens is 687 g/mol. The number of amides is 2. The molecule has 51 heavy (non-hydrogen) atoms. The van der Waals surface area contributed by atoms with Crippen LogP contribution in [0.15, 0.2) is 83.8 Å². The molecule has 12 heteroatoms. The van der Waals surface area contributed by atoms with Gasteiger partial charge in [0.05, 0.1) is 22.8 Å². The first-order valence-corrected chi connectivity index (χ1v) is 17.8. The number of nitrogens with one attached hydrogen (secondary N) is 4. The molecule has 2 saturated heterocycles. The van der Waals surface area contributed by atoms with Crippen LogP contribution in [0.5, 0.6) is 5.88 Å². The number of carbonyl (C=O) groups is 2. The first-order valence-electron chi connectivity index (χ1n) is 17.1. The van der Waals surface area contributed by atoms with Crippen molar-refractivity contribution in [1.82, 2.24) is 30.7 Å². The van der Waals surface area contributed by atoms with Crippen molar-refractivity contribution in [1.29, 1.82) is 0 Å². The summed E-state index contributed by atoms with van der Waals surface area (Å²) in [5.41, 5.74) is 6.80. The lowest BCUT2D eigenvalue weighted by Crippen LogP contribution is -2.36. The zero-order valence-corrected chi connectivity index (χ0v) is 29.6. The number of fused-ring (bicyclic) bond motifs is 1. The summed E-state index contributed by atoms with van der Waals surface area (Å²) in [6.45, 7) is 2.25. The highest BCUT2D eigenvalue weighted by Crippen LogP contribution is 2.42. The zero-order valence-electron chi connectivity index (χ0n) is 28.1. The predicted octanol–water partition coefficient (Wildman–Crippen LogP) is 5.75. The summed E-state index contributed by atoms with van der Waals surface area (Å²) in [6, 6.07) is 23.3. The third-order valence-electron chi connectivity index (χ3n) is 9.52. The van der Waals surface area contributed by atoms with Crippen LogP contribution in [0.1, 0.15) is 36.8 Å². The third-order valence-corrected chi connectivity index (χ3v) is 10.3. The lowest BCUT2D eigenvalue weighted by Gasteiger charge is -2.16. The summed E-state index contributed by atoms with van der Waals surface area (Å²) in [4.78, 5) is 41.1. The Bertz CT molecular complexity index is 2190. The number of aromatic nitrogens is 2. The Labute approximate surface area is 305 Å². The first-order chi connectivity index (χ1) is 24.8. The van der Waals surface area contributed by atoms with Gasteiger partial charge in [-0.25, -0.2) is 4.98 Å². The van der Waals surface area contributed by atoms with Crippen LogP contribution in [0, 0.1) is 0 Å². The van der Waals surface area contributed by atoms with E-state index in [4.69, 9.17) is 32.9 Å². The minimum atomic E-state index is -0.0981. The fourth-order valence-corrected chi connectivity index (χ4v) is 7.46. The predicted molar refractivity (Wildman–Crippen MR) is 200 cm³/mol. The van der Waals surface area contributed by atoms with E-state index in [0.717, 1.165) is 51.7 Å². The summed E-state index contributed by atoms with van der Waals surface area (Å²) in [5.74, 6) is 0.663. The molecule has 5 aromatic rings. The third kappa shape index (κ3) is 7.50. The summed E-state index contributed by atoms with van der Waals surface area (Å²) in [7, 11) is 1.59. The maximum atomic E-state index is 13.3. The fraction of sp³-hybridized carbons (Fsp3) is 0.282. The van der Waals surface area contributed by atoms with Crippen molar-refractivity contribution >= 4 is 40.5 Å². The largest absolute Gasteiger partial charge is 0.481 e. The SMILES string of the molecule is COc1nc(-c2cccc(-c3cccc(-c4ccn5c(=O)c(CNC[C@H]6CCC(=O)N6)ccc5c4)c3Cl)c2Cl)ccc1CNC[C@@H]1CCC(=O)N1. The maximum Gasteiger partial charge on any atom is 0.259 e. The van der Waals surface area contributed by atoms with E-state index in [1.807, 2.05) is 72.8 Å². The number of hydrogen-bond donors (Lipinski definition) is 4. The van der Waals surface area contributed by atoms with Crippen LogP contribution >= 0.6 is 23.2 Å². The van der Waals surface area contributed by atoms with Gasteiger partial charge < -0.3 is 26.0 Å². The van der Waals surface area contributed by atoms with E-state index in [1.165, 1.54) is 0 Å². The van der Waals surface area contributed by atoms with Crippen LogP contribution in [0.4, 0.5) is 0 Å². The molecule has 2 fully saturated rings. The molecule has 2 aromatic carbocycles. The van der Waals surface area contributed by atoms with Crippen molar-refractivity contribution in [3.8, 4) is 39.4 Å². The van der Waals surface area contributed by atoms with Crippen LogP contribution in [-0.4, -0.2) is 53.5 Å². The molecule has 0 spiro atoms. The Kier molecular flexibility index (Phi) is 10.4. The molecular formula is C39H38Cl2N6O4. The number of ether oxygens (including phenoxy) is 1. The minimum absolute atomic E-state index is 0.0731. The summed E-state index contributed by atoms with van der Waals surface area (Å²) >= 11 is 14.2. The van der Waals surface area contributed by atoms with Gasteiger partial charge in [-0.15, -0.1) is 0 Å². The number of methoxy groups -OCH3 is 1. The molecule has 2 aliphatic heterocycles. The zero-order chi connectivity index (χ0) is 35.5. The van der Waals surface area contributed by atoms with Gasteiger partial charge in [-0.2, -0.15) is 0 Å². The highest BCUT2D eigenvalue weighted by atomic mass is 35.5. The molecule has 5 heterocycles. The van der Waals surface area contributed by atoms with Crippen molar-refractivity contribution in [2.45, 2.75) is 50.9 Å². The van der Waals surface area contributed by atoms with E-state index in [1.54, 1.807) is 17.7 Å². The van der Waals surface area contributed by atoms with Gasteiger partial charge >= 0.3 is 0 Å². The molecule has 3 aromatic heterocycles. The second kappa shape index (κ2) is 15.2. The quantitative estimate of drug-likeness (QED) is 0.129. The number of hydrogen-bond acceptors (Lipinski definition) is 7. The Morgan fingerprint density at radius 3 is 1.98 bits per heavy atom. The van der Waals surface area contributed by atoms with Crippen molar-refractivity contribution in [3.05, 3.63) is 111 Å². The Morgan fingerprint density at radius 2 is 1.35 bits per heavy atom. The monoisotopic (exact) mass is 724 g/mol. The van der Waals surface area contributed by atoms with E-state index in [2.05, 4.69) is 21.3 Å². The highest BCUT2D eigenvalue weighted by Gasteiger charge is 2.22. The minimum Gasteiger partial charge on any atom is -0.481 e. The van der Waals surface area contributed by atoms with Gasteiger partial charge in [0.25, 0.3) is 5.56 Å². The second-order valence-corrected chi connectivity index (χ2v) is 13.7. The molecule has 0 radical (unpaired) electrons. The first kappa shape index (κ1) is 34.7. The van der Waals surface area contributed by atoms with Gasteiger partial charge in [-0.1, -0.05) is 71.7 Å². The number of halogens is 2.